The lowest BCUT2D eigenvalue weighted by Gasteiger charge is -2.06. The van der Waals surface area contributed by atoms with Gasteiger partial charge < -0.3 is 10.1 Å². The van der Waals surface area contributed by atoms with Crippen molar-refractivity contribution in [3.63, 3.8) is 0 Å². The van der Waals surface area contributed by atoms with Crippen LogP contribution in [0.15, 0.2) is 29.6 Å². The van der Waals surface area contributed by atoms with Crippen LogP contribution in [0.25, 0.3) is 11.3 Å². The third kappa shape index (κ3) is 4.60. The van der Waals surface area contributed by atoms with Crippen molar-refractivity contribution in [3.05, 3.63) is 50.0 Å². The zero-order valence-corrected chi connectivity index (χ0v) is 18.7. The van der Waals surface area contributed by atoms with Gasteiger partial charge in [-0.15, -0.1) is 39.7 Å². The first-order valence-electron chi connectivity index (χ1n) is 7.15. The third-order valence-corrected chi connectivity index (χ3v) is 6.07. The lowest BCUT2D eigenvalue weighted by atomic mass is 10.2. The van der Waals surface area contributed by atoms with E-state index < -0.39 is 0 Å². The number of nitrogens with zero attached hydrogens (tertiary/aromatic N) is 1. The number of hydrogen-bond acceptors (Lipinski definition) is 6. The number of hydrogen-bond donors (Lipinski definition) is 1. The number of benzene rings is 1. The highest BCUT2D eigenvalue weighted by Gasteiger charge is 2.14. The summed E-state index contributed by atoms with van der Waals surface area (Å²) in [5.41, 5.74) is 4.11. The van der Waals surface area contributed by atoms with Crippen molar-refractivity contribution >= 4 is 79.3 Å². The van der Waals surface area contributed by atoms with E-state index in [1.807, 2.05) is 36.6 Å². The maximum atomic E-state index is 6.00. The second-order valence-electron chi connectivity index (χ2n) is 5.19. The van der Waals surface area contributed by atoms with Crippen molar-refractivity contribution in [1.82, 2.24) is 4.98 Å². The van der Waals surface area contributed by atoms with E-state index in [9.17, 15) is 0 Å². The van der Waals surface area contributed by atoms with Crippen LogP contribution in [-0.2, 0) is 4.74 Å². The number of halogens is 2. The molecule has 132 valence electrons. The maximum absolute atomic E-state index is 6.00. The van der Waals surface area contributed by atoms with Gasteiger partial charge in [-0.3, -0.25) is 0 Å². The number of methoxy groups -OCH3 is 1. The largest absolute Gasteiger partial charge is 0.486 e. The molecule has 1 N–H and O–H groups in total. The zero-order chi connectivity index (χ0) is 17.3. The molecule has 0 atom stereocenters. The van der Waals surface area contributed by atoms with E-state index in [0.29, 0.717) is 5.05 Å². The molecular weight excluding hydrogens is 460 g/mol. The van der Waals surface area contributed by atoms with Crippen LogP contribution < -0.4 is 5.32 Å². The molecule has 0 fully saturated rings. The number of thiazole rings is 1. The summed E-state index contributed by atoms with van der Waals surface area (Å²) >= 11 is 14.4. The molecule has 2 heterocycles. The number of aromatic nitrogens is 1. The Balaban J connectivity index is 0.00000225. The summed E-state index contributed by atoms with van der Waals surface area (Å²) in [7, 11) is 1.59. The third-order valence-electron chi connectivity index (χ3n) is 3.51. The fourth-order valence-electron chi connectivity index (χ4n) is 2.27. The van der Waals surface area contributed by atoms with E-state index in [1.54, 1.807) is 29.8 Å². The maximum Gasteiger partial charge on any atom is 0.201 e. The highest BCUT2D eigenvalue weighted by Crippen LogP contribution is 2.34. The Kier molecular flexibility index (Phi) is 6.99. The van der Waals surface area contributed by atoms with E-state index in [0.717, 1.165) is 37.5 Å². The molecule has 0 bridgehead atoms. The van der Waals surface area contributed by atoms with Gasteiger partial charge in [-0.2, -0.15) is 0 Å². The lowest BCUT2D eigenvalue weighted by Crippen LogP contribution is -1.95. The van der Waals surface area contributed by atoms with Gasteiger partial charge in [0, 0.05) is 26.5 Å². The van der Waals surface area contributed by atoms with Crippen LogP contribution in [0.3, 0.4) is 0 Å². The summed E-state index contributed by atoms with van der Waals surface area (Å²) in [5, 5.41) is 7.48. The molecule has 3 aromatic rings. The Morgan fingerprint density at radius 3 is 2.72 bits per heavy atom. The van der Waals surface area contributed by atoms with Gasteiger partial charge in [-0.05, 0) is 55.9 Å². The predicted octanol–water partition coefficient (Wildman–Crippen LogP) is 6.79. The Labute approximate surface area is 175 Å². The number of aryl methyl sites for hydroxylation is 2. The van der Waals surface area contributed by atoms with E-state index in [1.165, 1.54) is 4.88 Å². The number of anilines is 2. The molecule has 1 aromatic carbocycles. The van der Waals surface area contributed by atoms with Gasteiger partial charge in [0.2, 0.25) is 5.05 Å². The topological polar surface area (TPSA) is 34.1 Å². The van der Waals surface area contributed by atoms with Crippen molar-refractivity contribution in [3.8, 4) is 11.3 Å². The van der Waals surface area contributed by atoms with Gasteiger partial charge in [0.05, 0.1) is 17.7 Å². The first-order valence-corrected chi connectivity index (χ1v) is 9.64. The molecular formula is C17H16BrClN2OS3. The first-order chi connectivity index (χ1) is 11.5. The highest BCUT2D eigenvalue weighted by atomic mass is 79.9. The lowest BCUT2D eigenvalue weighted by molar-refractivity contribution is 0.417. The molecule has 8 heteroatoms. The van der Waals surface area contributed by atoms with Crippen LogP contribution in [0.1, 0.15) is 15.3 Å². The van der Waals surface area contributed by atoms with Gasteiger partial charge in [-0.25, -0.2) is 4.98 Å². The van der Waals surface area contributed by atoms with Crippen LogP contribution >= 0.6 is 63.5 Å². The summed E-state index contributed by atoms with van der Waals surface area (Å²) < 4.78 is 5.15. The SMILES string of the molecule is Br.COC(=S)c1cc(-c2csc(Nc3ccc(Cl)cc3C)n2)c(C)s1. The molecule has 0 saturated heterocycles. The van der Waals surface area contributed by atoms with Crippen LogP contribution in [0, 0.1) is 13.8 Å². The Morgan fingerprint density at radius 2 is 2.04 bits per heavy atom. The van der Waals surface area contributed by atoms with Crippen molar-refractivity contribution in [2.45, 2.75) is 13.8 Å². The van der Waals surface area contributed by atoms with Crippen LogP contribution in [-0.4, -0.2) is 17.1 Å². The number of nitrogens with one attached hydrogen (secondary N) is 1. The zero-order valence-electron chi connectivity index (χ0n) is 13.8. The second kappa shape index (κ2) is 8.60. The molecule has 0 spiro atoms. The Morgan fingerprint density at radius 1 is 1.28 bits per heavy atom. The molecule has 0 radical (unpaired) electrons. The van der Waals surface area contributed by atoms with Crippen molar-refractivity contribution in [1.29, 1.82) is 0 Å². The van der Waals surface area contributed by atoms with Crippen molar-refractivity contribution in [2.75, 3.05) is 12.4 Å². The summed E-state index contributed by atoms with van der Waals surface area (Å²) in [6, 6.07) is 7.80. The standard InChI is InChI=1S/C17H15ClN2OS3.BrH/c1-9-6-11(18)4-5-13(9)19-17-20-14(8-23-17)12-7-15(16(22)21-3)24-10(12)2;/h4-8H,1-3H3,(H,19,20);1H. The molecule has 25 heavy (non-hydrogen) atoms. The molecule has 0 aliphatic carbocycles. The number of thiocarbonyl (C=S) groups is 1. The molecule has 0 aliphatic heterocycles. The predicted molar refractivity (Wildman–Crippen MR) is 119 cm³/mol. The van der Waals surface area contributed by atoms with E-state index >= 15 is 0 Å². The minimum absolute atomic E-state index is 0. The van der Waals surface area contributed by atoms with Crippen LogP contribution in [0.2, 0.25) is 5.02 Å². The number of rotatable bonds is 4. The minimum atomic E-state index is 0. The Hall–Kier alpha value is -0.990. The van der Waals surface area contributed by atoms with Gasteiger partial charge in [0.25, 0.3) is 0 Å². The van der Waals surface area contributed by atoms with Crippen LogP contribution in [0.4, 0.5) is 10.8 Å². The fraction of sp³-hybridized carbons (Fsp3) is 0.176. The molecule has 0 amide bonds. The smallest absolute Gasteiger partial charge is 0.201 e. The average molecular weight is 476 g/mol. The van der Waals surface area contributed by atoms with Gasteiger partial charge in [-0.1, -0.05) is 11.6 Å². The number of ether oxygens (including phenoxy) is 1. The molecule has 3 nitrogen and oxygen atoms in total. The minimum Gasteiger partial charge on any atom is -0.486 e. The molecule has 0 aliphatic rings. The first kappa shape index (κ1) is 20.3. The van der Waals surface area contributed by atoms with Gasteiger partial charge in [0.15, 0.2) is 5.13 Å². The summed E-state index contributed by atoms with van der Waals surface area (Å²) in [4.78, 5) is 6.82. The molecule has 3 rings (SSSR count). The summed E-state index contributed by atoms with van der Waals surface area (Å²) in [6.45, 7) is 4.08. The van der Waals surface area contributed by atoms with Crippen molar-refractivity contribution in [2.24, 2.45) is 0 Å². The molecule has 0 saturated carbocycles. The van der Waals surface area contributed by atoms with Gasteiger partial charge >= 0.3 is 0 Å². The molecule has 0 unspecified atom stereocenters. The summed E-state index contributed by atoms with van der Waals surface area (Å²) in [5.74, 6) is 0. The number of thiophene rings is 1. The monoisotopic (exact) mass is 474 g/mol. The average Bonchev–Trinajstić information content (AvgIpc) is 3.15. The molecule has 2 aromatic heterocycles. The van der Waals surface area contributed by atoms with Gasteiger partial charge in [0.1, 0.15) is 0 Å². The summed E-state index contributed by atoms with van der Waals surface area (Å²) in [6.07, 6.45) is 0. The Bertz CT molecular complexity index is 907. The fourth-order valence-corrected chi connectivity index (χ4v) is 4.36. The van der Waals surface area contributed by atoms with Crippen LogP contribution in [0.5, 0.6) is 0 Å². The van der Waals surface area contributed by atoms with E-state index in [-0.39, 0.29) is 17.0 Å². The van der Waals surface area contributed by atoms with E-state index in [2.05, 4.69) is 12.2 Å². The quantitative estimate of drug-likeness (QED) is 0.421. The second-order valence-corrected chi connectivity index (χ2v) is 8.12. The normalized spacial score (nSPS) is 10.2. The highest BCUT2D eigenvalue weighted by molar-refractivity contribution is 8.93. The van der Waals surface area contributed by atoms with Crippen molar-refractivity contribution < 1.29 is 4.74 Å². The van der Waals surface area contributed by atoms with E-state index in [4.69, 9.17) is 33.5 Å².